The van der Waals surface area contributed by atoms with E-state index in [9.17, 15) is 18.0 Å². The first-order valence-corrected chi connectivity index (χ1v) is 9.51. The lowest BCUT2D eigenvalue weighted by molar-refractivity contribution is -0.121. The number of carbonyl (C=O) groups excluding carboxylic acids is 2. The number of benzene rings is 1. The van der Waals surface area contributed by atoms with Crippen molar-refractivity contribution in [3.05, 3.63) is 29.8 Å². The first-order chi connectivity index (χ1) is 11.4. The van der Waals surface area contributed by atoms with E-state index in [1.165, 1.54) is 12.1 Å². The molecule has 0 aliphatic carbocycles. The van der Waals surface area contributed by atoms with E-state index < -0.39 is 28.4 Å². The van der Waals surface area contributed by atoms with Gasteiger partial charge in [-0.25, -0.2) is 12.7 Å². The Morgan fingerprint density at radius 1 is 1.21 bits per heavy atom. The lowest BCUT2D eigenvalue weighted by atomic mass is 10.2. The summed E-state index contributed by atoms with van der Waals surface area (Å²) in [5.74, 6) is -1.12. The number of hydrogen-bond donors (Lipinski definition) is 1. The van der Waals surface area contributed by atoms with Gasteiger partial charge in [0.2, 0.25) is 5.91 Å². The average molecular weight is 353 g/mol. The van der Waals surface area contributed by atoms with Crippen LogP contribution in [0.5, 0.6) is 0 Å². The molecule has 2 rings (SSSR count). The summed E-state index contributed by atoms with van der Waals surface area (Å²) in [6, 6.07) is 5.99. The number of nitrogens with zero attached hydrogens (tertiary/aromatic N) is 2. The third-order valence-corrected chi connectivity index (χ3v) is 5.85. The summed E-state index contributed by atoms with van der Waals surface area (Å²) in [5, 5.41) is 2.67. The lowest BCUT2D eigenvalue weighted by Gasteiger charge is -2.18. The van der Waals surface area contributed by atoms with Crippen LogP contribution in [0, 0.1) is 0 Å². The number of rotatable bonds is 8. The Labute approximate surface area is 142 Å². The van der Waals surface area contributed by atoms with Crippen LogP contribution in [0.2, 0.25) is 0 Å². The van der Waals surface area contributed by atoms with E-state index in [0.29, 0.717) is 10.8 Å². The molecule has 0 saturated carbocycles. The van der Waals surface area contributed by atoms with Gasteiger partial charge >= 0.3 is 0 Å². The van der Waals surface area contributed by atoms with Gasteiger partial charge in [-0.05, 0) is 38.2 Å². The van der Waals surface area contributed by atoms with Gasteiger partial charge in [-0.15, -0.1) is 0 Å². The first kappa shape index (κ1) is 18.4. The maximum Gasteiger partial charge on any atom is 0.269 e. The molecule has 132 valence electrons. The second kappa shape index (κ2) is 7.76. The van der Waals surface area contributed by atoms with Crippen LogP contribution in [0.4, 0.5) is 0 Å². The van der Waals surface area contributed by atoms with Crippen molar-refractivity contribution in [2.75, 3.05) is 32.7 Å². The molecule has 0 saturated heterocycles. The normalized spacial score (nSPS) is 15.6. The zero-order valence-electron chi connectivity index (χ0n) is 14.0. The molecule has 0 radical (unpaired) electrons. The van der Waals surface area contributed by atoms with Gasteiger partial charge in [0, 0.05) is 6.54 Å². The average Bonchev–Trinajstić information content (AvgIpc) is 2.76. The monoisotopic (exact) mass is 353 g/mol. The van der Waals surface area contributed by atoms with E-state index in [1.807, 2.05) is 0 Å². The molecule has 1 aromatic rings. The molecule has 7 nitrogen and oxygen atoms in total. The van der Waals surface area contributed by atoms with Crippen LogP contribution in [0.1, 0.15) is 30.6 Å². The number of sulfonamides is 1. The zero-order chi connectivity index (χ0) is 17.7. The van der Waals surface area contributed by atoms with Crippen LogP contribution in [0.3, 0.4) is 0 Å². The van der Waals surface area contributed by atoms with Gasteiger partial charge in [-0.3, -0.25) is 9.59 Å². The fourth-order valence-corrected chi connectivity index (χ4v) is 4.17. The van der Waals surface area contributed by atoms with Crippen molar-refractivity contribution in [2.24, 2.45) is 0 Å². The van der Waals surface area contributed by atoms with Crippen LogP contribution >= 0.6 is 0 Å². The number of amides is 2. The smallest absolute Gasteiger partial charge is 0.269 e. The van der Waals surface area contributed by atoms with Gasteiger partial charge in [-0.2, -0.15) is 0 Å². The van der Waals surface area contributed by atoms with Crippen LogP contribution in [0.15, 0.2) is 29.2 Å². The summed E-state index contributed by atoms with van der Waals surface area (Å²) in [7, 11) is -3.93. The third-order valence-electron chi connectivity index (χ3n) is 4.07. The van der Waals surface area contributed by atoms with Crippen LogP contribution < -0.4 is 5.32 Å². The van der Waals surface area contributed by atoms with Crippen molar-refractivity contribution in [1.82, 2.24) is 14.5 Å². The highest BCUT2D eigenvalue weighted by atomic mass is 32.2. The van der Waals surface area contributed by atoms with E-state index in [1.54, 1.807) is 12.1 Å². The van der Waals surface area contributed by atoms with Gasteiger partial charge < -0.3 is 10.2 Å². The molecule has 1 heterocycles. The zero-order valence-corrected chi connectivity index (χ0v) is 14.8. The van der Waals surface area contributed by atoms with E-state index in [2.05, 4.69) is 24.1 Å². The molecule has 1 aliphatic heterocycles. The van der Waals surface area contributed by atoms with Gasteiger partial charge in [-0.1, -0.05) is 26.0 Å². The van der Waals surface area contributed by atoms with Gasteiger partial charge in [0.15, 0.2) is 0 Å². The van der Waals surface area contributed by atoms with Crippen molar-refractivity contribution in [3.63, 3.8) is 0 Å². The minimum absolute atomic E-state index is 0.0377. The molecule has 8 heteroatoms. The number of fused-ring (bicyclic) bond motifs is 1. The summed E-state index contributed by atoms with van der Waals surface area (Å²) < 4.78 is 25.3. The Kier molecular flexibility index (Phi) is 5.95. The molecule has 0 atom stereocenters. The van der Waals surface area contributed by atoms with E-state index >= 15 is 0 Å². The third kappa shape index (κ3) is 3.76. The topological polar surface area (TPSA) is 86.8 Å². The Bertz CT molecular complexity index is 714. The van der Waals surface area contributed by atoms with Crippen LogP contribution in [-0.4, -0.2) is 62.2 Å². The summed E-state index contributed by atoms with van der Waals surface area (Å²) >= 11 is 0. The largest absolute Gasteiger partial charge is 0.354 e. The summed E-state index contributed by atoms with van der Waals surface area (Å²) in [5.41, 5.74) is 0.117. The van der Waals surface area contributed by atoms with E-state index in [4.69, 9.17) is 0 Å². The molecule has 24 heavy (non-hydrogen) atoms. The first-order valence-electron chi connectivity index (χ1n) is 8.07. The molecular weight excluding hydrogens is 330 g/mol. The van der Waals surface area contributed by atoms with E-state index in [-0.39, 0.29) is 10.5 Å². The van der Waals surface area contributed by atoms with Crippen LogP contribution in [-0.2, 0) is 14.8 Å². The predicted octanol–water partition coefficient (Wildman–Crippen LogP) is 0.679. The second-order valence-corrected chi connectivity index (χ2v) is 7.37. The van der Waals surface area contributed by atoms with E-state index in [0.717, 1.165) is 26.1 Å². The fraction of sp³-hybridized carbons (Fsp3) is 0.500. The highest BCUT2D eigenvalue weighted by molar-refractivity contribution is 7.90. The fourth-order valence-electron chi connectivity index (χ4n) is 2.64. The molecule has 0 fully saturated rings. The molecule has 1 aliphatic rings. The molecule has 0 aromatic heterocycles. The van der Waals surface area contributed by atoms with Crippen molar-refractivity contribution >= 4 is 21.8 Å². The van der Waals surface area contributed by atoms with Crippen molar-refractivity contribution < 1.29 is 18.0 Å². The van der Waals surface area contributed by atoms with Crippen molar-refractivity contribution in [1.29, 1.82) is 0 Å². The Morgan fingerprint density at radius 3 is 2.50 bits per heavy atom. The Balaban J connectivity index is 1.90. The lowest BCUT2D eigenvalue weighted by Crippen LogP contribution is -2.41. The van der Waals surface area contributed by atoms with Crippen molar-refractivity contribution in [2.45, 2.75) is 25.2 Å². The summed E-state index contributed by atoms with van der Waals surface area (Å²) in [6.07, 6.45) is 0.772. The minimum atomic E-state index is -3.93. The second-order valence-electron chi connectivity index (χ2n) is 5.54. The molecule has 0 spiro atoms. The Morgan fingerprint density at radius 2 is 1.88 bits per heavy atom. The predicted molar refractivity (Wildman–Crippen MR) is 90.1 cm³/mol. The summed E-state index contributed by atoms with van der Waals surface area (Å²) in [4.78, 5) is 26.4. The highest BCUT2D eigenvalue weighted by Crippen LogP contribution is 2.29. The highest BCUT2D eigenvalue weighted by Gasteiger charge is 2.41. The standard InChI is InChI=1S/C16H23N3O4S/c1-3-18(4-2)11-7-10-17-15(20)12-19-16(21)13-8-5-6-9-14(13)24(19,22)23/h5-6,8-9H,3-4,7,10-12H2,1-2H3,(H,17,20). The minimum Gasteiger partial charge on any atom is -0.354 e. The number of hydrogen-bond acceptors (Lipinski definition) is 5. The van der Waals surface area contributed by atoms with Crippen LogP contribution in [0.25, 0.3) is 0 Å². The van der Waals surface area contributed by atoms with Gasteiger partial charge in [0.1, 0.15) is 11.4 Å². The van der Waals surface area contributed by atoms with Gasteiger partial charge in [0.05, 0.1) is 5.56 Å². The quantitative estimate of drug-likeness (QED) is 0.695. The molecule has 1 N–H and O–H groups in total. The summed E-state index contributed by atoms with van der Waals surface area (Å²) in [6.45, 7) is 6.87. The molecular formula is C16H23N3O4S. The molecule has 2 amide bonds. The maximum atomic E-state index is 12.3. The van der Waals surface area contributed by atoms with Gasteiger partial charge in [0.25, 0.3) is 15.9 Å². The molecule has 0 unspecified atom stereocenters. The SMILES string of the molecule is CCN(CC)CCCNC(=O)CN1C(=O)c2ccccc2S1(=O)=O. The number of carbonyl (C=O) groups is 2. The Hall–Kier alpha value is -1.93. The maximum absolute atomic E-state index is 12.3. The number of nitrogens with one attached hydrogen (secondary N) is 1. The molecule has 1 aromatic carbocycles. The molecule has 0 bridgehead atoms. The van der Waals surface area contributed by atoms with Crippen molar-refractivity contribution in [3.8, 4) is 0 Å².